The first kappa shape index (κ1) is 22.1. The normalized spacial score (nSPS) is 19.3. The van der Waals surface area contributed by atoms with Gasteiger partial charge in [-0.05, 0) is 44.2 Å². The molecule has 0 radical (unpaired) electrons. The number of hydrogen-bond acceptors (Lipinski definition) is 5. The highest BCUT2D eigenvalue weighted by atomic mass is 16.3. The highest BCUT2D eigenvalue weighted by molar-refractivity contribution is 5.92. The van der Waals surface area contributed by atoms with Crippen molar-refractivity contribution in [3.05, 3.63) is 47.9 Å². The van der Waals surface area contributed by atoms with E-state index >= 15 is 0 Å². The van der Waals surface area contributed by atoms with Crippen molar-refractivity contribution in [3.63, 3.8) is 0 Å². The number of carbonyl (C=O) groups is 1. The molecule has 1 saturated heterocycles. The minimum Gasteiger partial charge on any atom is -0.388 e. The molecule has 2 fully saturated rings. The summed E-state index contributed by atoms with van der Waals surface area (Å²) in [5.41, 5.74) is 2.12. The standard InChI is InChI=1S/C25H34N6O2/c1-2-30-16-19(21-9-5-6-10-23(21)30)15-29-13-11-25(33,12-14-29)18-31-17-22(27-28-31)24(32)26-20-7-3-4-8-20/h5-6,9-10,16-17,20,33H,2-4,7-8,11-15,18H2,1H3,(H,26,32). The van der Waals surface area contributed by atoms with Crippen LogP contribution in [0, 0.1) is 0 Å². The van der Waals surface area contributed by atoms with Gasteiger partial charge in [-0.3, -0.25) is 9.69 Å². The number of para-hydroxylation sites is 1. The molecule has 2 aliphatic rings. The van der Waals surface area contributed by atoms with Gasteiger partial charge in [-0.25, -0.2) is 4.68 Å². The lowest BCUT2D eigenvalue weighted by molar-refractivity contribution is -0.0383. The Labute approximate surface area is 194 Å². The number of fused-ring (bicyclic) bond motifs is 1. The van der Waals surface area contributed by atoms with E-state index < -0.39 is 5.60 Å². The predicted octanol–water partition coefficient (Wildman–Crippen LogP) is 2.95. The Hall–Kier alpha value is -2.71. The van der Waals surface area contributed by atoms with Crippen molar-refractivity contribution in [1.82, 2.24) is 29.8 Å². The molecule has 0 spiro atoms. The van der Waals surface area contributed by atoms with Crippen molar-refractivity contribution in [3.8, 4) is 0 Å². The molecule has 2 aromatic heterocycles. The van der Waals surface area contributed by atoms with Gasteiger partial charge in [0.15, 0.2) is 5.69 Å². The number of nitrogens with zero attached hydrogens (tertiary/aromatic N) is 5. The number of amides is 1. The molecule has 33 heavy (non-hydrogen) atoms. The van der Waals surface area contributed by atoms with Gasteiger partial charge >= 0.3 is 0 Å². The van der Waals surface area contributed by atoms with Crippen molar-refractivity contribution in [2.24, 2.45) is 0 Å². The van der Waals surface area contributed by atoms with Crippen molar-refractivity contribution >= 4 is 16.8 Å². The van der Waals surface area contributed by atoms with Crippen LogP contribution in [-0.4, -0.2) is 60.2 Å². The summed E-state index contributed by atoms with van der Waals surface area (Å²) >= 11 is 0. The van der Waals surface area contributed by atoms with Gasteiger partial charge in [-0.15, -0.1) is 5.10 Å². The lowest BCUT2D eigenvalue weighted by Gasteiger charge is -2.38. The summed E-state index contributed by atoms with van der Waals surface area (Å²) in [5, 5.41) is 23.7. The third kappa shape index (κ3) is 4.82. The van der Waals surface area contributed by atoms with E-state index in [4.69, 9.17) is 0 Å². The van der Waals surface area contributed by atoms with Gasteiger partial charge in [0.1, 0.15) is 0 Å². The molecular weight excluding hydrogens is 416 g/mol. The van der Waals surface area contributed by atoms with Gasteiger partial charge in [0, 0.05) is 49.3 Å². The first-order valence-corrected chi connectivity index (χ1v) is 12.3. The highest BCUT2D eigenvalue weighted by Crippen LogP contribution is 2.28. The van der Waals surface area contributed by atoms with Crippen LogP contribution in [0.2, 0.25) is 0 Å². The van der Waals surface area contributed by atoms with Crippen molar-refractivity contribution < 1.29 is 9.90 Å². The minimum absolute atomic E-state index is 0.166. The molecule has 8 heteroatoms. The smallest absolute Gasteiger partial charge is 0.273 e. The van der Waals surface area contributed by atoms with E-state index in [2.05, 4.69) is 62.5 Å². The molecule has 0 unspecified atom stereocenters. The third-order valence-electron chi connectivity index (χ3n) is 7.31. The lowest BCUT2D eigenvalue weighted by Crippen LogP contribution is -2.46. The molecule has 1 aromatic carbocycles. The van der Waals surface area contributed by atoms with Crippen molar-refractivity contribution in [1.29, 1.82) is 0 Å². The Morgan fingerprint density at radius 3 is 2.70 bits per heavy atom. The van der Waals surface area contributed by atoms with Gasteiger partial charge in [-0.1, -0.05) is 36.3 Å². The first-order valence-electron chi connectivity index (χ1n) is 12.3. The maximum Gasteiger partial charge on any atom is 0.273 e. The zero-order chi connectivity index (χ0) is 22.8. The van der Waals surface area contributed by atoms with E-state index in [9.17, 15) is 9.90 Å². The van der Waals surface area contributed by atoms with Gasteiger partial charge in [0.25, 0.3) is 5.91 Å². The molecule has 8 nitrogen and oxygen atoms in total. The van der Waals surface area contributed by atoms with Crippen LogP contribution in [0.4, 0.5) is 0 Å². The summed E-state index contributed by atoms with van der Waals surface area (Å²) in [6.45, 7) is 6.03. The van der Waals surface area contributed by atoms with Crippen LogP contribution in [0.5, 0.6) is 0 Å². The Morgan fingerprint density at radius 1 is 1.18 bits per heavy atom. The molecule has 176 valence electrons. The Morgan fingerprint density at radius 2 is 1.94 bits per heavy atom. The number of likely N-dealkylation sites (tertiary alicyclic amines) is 1. The van der Waals surface area contributed by atoms with Crippen LogP contribution < -0.4 is 5.32 Å². The van der Waals surface area contributed by atoms with Crippen molar-refractivity contribution in [2.45, 2.75) is 76.7 Å². The van der Waals surface area contributed by atoms with Crippen molar-refractivity contribution in [2.75, 3.05) is 13.1 Å². The number of carbonyl (C=O) groups excluding carboxylic acids is 1. The zero-order valence-corrected chi connectivity index (χ0v) is 19.4. The van der Waals surface area contributed by atoms with Crippen LogP contribution in [0.1, 0.15) is 61.5 Å². The lowest BCUT2D eigenvalue weighted by atomic mass is 9.91. The van der Waals surface area contributed by atoms with E-state index in [1.165, 1.54) is 29.3 Å². The number of aryl methyl sites for hydroxylation is 1. The molecule has 1 aliphatic carbocycles. The van der Waals surface area contributed by atoms with Crippen LogP contribution in [-0.2, 0) is 19.6 Å². The second-order valence-electron chi connectivity index (χ2n) is 9.71. The van der Waals surface area contributed by atoms with E-state index in [1.54, 1.807) is 10.9 Å². The molecule has 1 saturated carbocycles. The summed E-state index contributed by atoms with van der Waals surface area (Å²) in [6.07, 6.45) is 9.67. The third-order valence-corrected chi connectivity index (χ3v) is 7.31. The summed E-state index contributed by atoms with van der Waals surface area (Å²) in [4.78, 5) is 14.8. The predicted molar refractivity (Wildman–Crippen MR) is 127 cm³/mol. The van der Waals surface area contributed by atoms with Gasteiger partial charge in [-0.2, -0.15) is 0 Å². The largest absolute Gasteiger partial charge is 0.388 e. The van der Waals surface area contributed by atoms with Crippen LogP contribution >= 0.6 is 0 Å². The summed E-state index contributed by atoms with van der Waals surface area (Å²) in [7, 11) is 0. The molecule has 3 heterocycles. The fourth-order valence-corrected chi connectivity index (χ4v) is 5.35. The highest BCUT2D eigenvalue weighted by Gasteiger charge is 2.33. The molecule has 2 N–H and O–H groups in total. The summed E-state index contributed by atoms with van der Waals surface area (Å²) in [5.74, 6) is -0.166. The van der Waals surface area contributed by atoms with E-state index in [-0.39, 0.29) is 11.9 Å². The zero-order valence-electron chi connectivity index (χ0n) is 19.4. The second kappa shape index (κ2) is 9.27. The monoisotopic (exact) mass is 450 g/mol. The van der Waals surface area contributed by atoms with Gasteiger partial charge < -0.3 is 15.0 Å². The molecular formula is C25H34N6O2. The van der Waals surface area contributed by atoms with E-state index in [1.807, 2.05) is 0 Å². The molecule has 3 aromatic rings. The van der Waals surface area contributed by atoms with Gasteiger partial charge in [0.2, 0.25) is 0 Å². The number of aliphatic hydroxyl groups is 1. The Balaban J connectivity index is 1.17. The number of benzene rings is 1. The maximum absolute atomic E-state index is 12.4. The number of aromatic nitrogens is 4. The van der Waals surface area contributed by atoms with E-state index in [0.717, 1.165) is 39.0 Å². The van der Waals surface area contributed by atoms with Gasteiger partial charge in [0.05, 0.1) is 18.3 Å². The molecule has 1 amide bonds. The number of rotatable bonds is 7. The average molecular weight is 451 g/mol. The molecule has 0 atom stereocenters. The topological polar surface area (TPSA) is 88.2 Å². The molecule has 5 rings (SSSR count). The van der Waals surface area contributed by atoms with Crippen LogP contribution in [0.3, 0.4) is 0 Å². The first-order chi connectivity index (χ1) is 16.0. The fraction of sp³-hybridized carbons (Fsp3) is 0.560. The quantitative estimate of drug-likeness (QED) is 0.578. The minimum atomic E-state index is -0.833. The van der Waals surface area contributed by atoms with Crippen LogP contribution in [0.15, 0.2) is 36.7 Å². The fourth-order valence-electron chi connectivity index (χ4n) is 5.35. The van der Waals surface area contributed by atoms with E-state index in [0.29, 0.717) is 25.1 Å². The summed E-state index contributed by atoms with van der Waals surface area (Å²) in [6, 6.07) is 8.82. The molecule has 0 bridgehead atoms. The van der Waals surface area contributed by atoms with Crippen LogP contribution in [0.25, 0.3) is 10.9 Å². The number of piperidine rings is 1. The number of hydrogen-bond donors (Lipinski definition) is 2. The Bertz CT molecular complexity index is 1110. The molecule has 1 aliphatic heterocycles. The number of nitrogens with one attached hydrogen (secondary N) is 1. The average Bonchev–Trinajstić information content (AvgIpc) is 3.56. The summed E-state index contributed by atoms with van der Waals surface area (Å²) < 4.78 is 3.92. The maximum atomic E-state index is 12.4. The Kier molecular flexibility index (Phi) is 6.21. The second-order valence-corrected chi connectivity index (χ2v) is 9.71. The SMILES string of the molecule is CCn1cc(CN2CCC(O)(Cn3cc(C(=O)NC4CCCC4)nn3)CC2)c2ccccc21.